The van der Waals surface area contributed by atoms with Gasteiger partial charge >= 0.3 is 0 Å². The first kappa shape index (κ1) is 64.7. The fraction of sp³-hybridized carbons (Fsp3) is 0.270. The molecule has 0 saturated heterocycles. The van der Waals surface area contributed by atoms with Crippen molar-refractivity contribution in [2.24, 2.45) is 0 Å². The third-order valence-electron chi connectivity index (χ3n) is 20.4. The van der Waals surface area contributed by atoms with Gasteiger partial charge in [-0.3, -0.25) is 0 Å². The molecule has 466 valence electrons. The summed E-state index contributed by atoms with van der Waals surface area (Å²) in [6.45, 7) is 36.5. The van der Waals surface area contributed by atoms with E-state index < -0.39 is 6.15 Å². The highest BCUT2D eigenvalue weighted by Gasteiger charge is 2.43. The number of benzene rings is 10. The van der Waals surface area contributed by atoms with Crippen molar-refractivity contribution in [2.75, 3.05) is 19.0 Å². The van der Waals surface area contributed by atoms with E-state index in [2.05, 4.69) is 395 Å². The highest BCUT2D eigenvalue weighted by atomic mass is 15.2. The van der Waals surface area contributed by atoms with Gasteiger partial charge in [0.15, 0.2) is 5.71 Å². The van der Waals surface area contributed by atoms with Crippen LogP contribution in [0.1, 0.15) is 144 Å². The van der Waals surface area contributed by atoms with Gasteiger partial charge in [0.1, 0.15) is 13.2 Å². The number of hydrogen-bond acceptors (Lipinski definition) is 1. The molecule has 2 heterocycles. The topological polar surface area (TPSA) is 6.25 Å². The van der Waals surface area contributed by atoms with Crippen LogP contribution in [0.5, 0.6) is 0 Å². The molecule has 2 aliphatic rings. The second-order valence-corrected chi connectivity index (χ2v) is 31.4. The van der Waals surface area contributed by atoms with Gasteiger partial charge in [-0.15, -0.1) is 0 Å². The Bertz CT molecular complexity index is 3920. The van der Waals surface area contributed by atoms with Gasteiger partial charge in [-0.25, -0.2) is 0 Å². The number of rotatable bonds is 10. The first-order valence-electron chi connectivity index (χ1n) is 33.4. The highest BCUT2D eigenvalue weighted by molar-refractivity contribution is 7.19. The van der Waals surface area contributed by atoms with Crippen LogP contribution < -0.4 is 26.8 Å². The Morgan fingerprint density at radius 1 is 0.337 bits per heavy atom. The summed E-state index contributed by atoms with van der Waals surface area (Å²) in [5.74, 6) is 0. The summed E-state index contributed by atoms with van der Waals surface area (Å²) in [5.41, 5.74) is 28.8. The Hall–Kier alpha value is -8.79. The van der Waals surface area contributed by atoms with Crippen LogP contribution in [0.2, 0.25) is 0 Å². The molecule has 10 aromatic rings. The van der Waals surface area contributed by atoms with Crippen molar-refractivity contribution in [3.63, 3.8) is 0 Å². The SMILES string of the molecule is CC(C)(C)c1ccc(-c2ccc([B-](c3ccc(-c4ccc(C(C)(C)C)cc4)cc3)(c3ccc(-c4ccc(C(C)(C)C)cc4)cc3)c3ccc(-c4ccc(C(C)(C)C)cc4)cc3)cc2)cc1.CN1/C(=C/C=C/C2=[N+](C)c3ccccc3C2(C)C)C(C)(C)c2ccccc21. The van der Waals surface area contributed by atoms with Gasteiger partial charge in [-0.05, 0) is 120 Å². The summed E-state index contributed by atoms with van der Waals surface area (Å²) >= 11 is 0. The lowest BCUT2D eigenvalue weighted by Gasteiger charge is -2.44. The van der Waals surface area contributed by atoms with E-state index in [1.807, 2.05) is 0 Å². The van der Waals surface area contributed by atoms with E-state index in [0.717, 1.165) is 0 Å². The number of para-hydroxylation sites is 2. The molecule has 12 rings (SSSR count). The van der Waals surface area contributed by atoms with Crippen molar-refractivity contribution in [3.8, 4) is 44.5 Å². The zero-order valence-corrected chi connectivity index (χ0v) is 58.3. The molecule has 92 heavy (non-hydrogen) atoms. The van der Waals surface area contributed by atoms with Gasteiger partial charge < -0.3 is 4.90 Å². The third kappa shape index (κ3) is 12.7. The summed E-state index contributed by atoms with van der Waals surface area (Å²) in [4.78, 5) is 2.32. The molecule has 2 nitrogen and oxygen atoms in total. The number of anilines is 1. The van der Waals surface area contributed by atoms with E-state index in [-0.39, 0.29) is 32.5 Å². The molecular formula is C89H97BN2. The van der Waals surface area contributed by atoms with E-state index in [4.69, 9.17) is 0 Å². The largest absolute Gasteiger partial charge is 0.347 e. The van der Waals surface area contributed by atoms with Gasteiger partial charge in [0.25, 0.3) is 0 Å². The molecule has 0 aromatic heterocycles. The lowest BCUT2D eigenvalue weighted by molar-refractivity contribution is -0.401. The van der Waals surface area contributed by atoms with Crippen molar-refractivity contribution in [3.05, 3.63) is 300 Å². The van der Waals surface area contributed by atoms with Crippen LogP contribution in [0.15, 0.2) is 267 Å². The monoisotopic (exact) mass is 1200 g/mol. The maximum atomic E-state index is 2.39. The van der Waals surface area contributed by atoms with Gasteiger partial charge in [0.2, 0.25) is 5.69 Å². The second kappa shape index (κ2) is 24.7. The summed E-state index contributed by atoms with van der Waals surface area (Å²) in [7, 11) is 4.34. The Kier molecular flexibility index (Phi) is 17.4. The third-order valence-corrected chi connectivity index (χ3v) is 20.4. The minimum Gasteiger partial charge on any atom is -0.347 e. The molecule has 3 heteroatoms. The molecule has 0 fully saturated rings. The predicted octanol–water partition coefficient (Wildman–Crippen LogP) is 20.5. The van der Waals surface area contributed by atoms with Crippen LogP contribution in [-0.4, -0.2) is 30.5 Å². The van der Waals surface area contributed by atoms with E-state index in [1.165, 1.54) is 123 Å². The Balaban J connectivity index is 0.000000266. The number of hydrogen-bond donors (Lipinski definition) is 0. The summed E-state index contributed by atoms with van der Waals surface area (Å²) < 4.78 is 2.32. The normalized spacial score (nSPS) is 15.2. The molecular weight excluding hydrogens is 1110 g/mol. The fourth-order valence-electron chi connectivity index (χ4n) is 14.5. The van der Waals surface area contributed by atoms with Crippen LogP contribution in [-0.2, 0) is 32.5 Å². The fourth-order valence-corrected chi connectivity index (χ4v) is 14.5. The molecule has 0 aliphatic carbocycles. The molecule has 0 bridgehead atoms. The van der Waals surface area contributed by atoms with Crippen molar-refractivity contribution < 1.29 is 4.58 Å². The van der Waals surface area contributed by atoms with Crippen LogP contribution in [0.25, 0.3) is 44.5 Å². The van der Waals surface area contributed by atoms with Gasteiger partial charge in [-0.2, -0.15) is 26.4 Å². The molecule has 10 aromatic carbocycles. The molecule has 0 amide bonds. The van der Waals surface area contributed by atoms with Gasteiger partial charge in [0, 0.05) is 41.6 Å². The predicted molar refractivity (Wildman–Crippen MR) is 402 cm³/mol. The number of allylic oxidation sites excluding steroid dienone is 4. The zero-order chi connectivity index (χ0) is 65.8. The summed E-state index contributed by atoms with van der Waals surface area (Å²) in [5, 5.41) is 0. The Morgan fingerprint density at radius 3 is 0.891 bits per heavy atom. The maximum absolute atomic E-state index is 2.39. The molecule has 0 radical (unpaired) electrons. The second-order valence-electron chi connectivity index (χ2n) is 31.4. The quantitative estimate of drug-likeness (QED) is 0.0977. The van der Waals surface area contributed by atoms with E-state index in [9.17, 15) is 0 Å². The summed E-state index contributed by atoms with van der Waals surface area (Å²) in [6, 6.07) is 91.7. The smallest absolute Gasteiger partial charge is 0.209 e. The van der Waals surface area contributed by atoms with Crippen molar-refractivity contribution in [1.82, 2.24) is 0 Å². The number of nitrogens with zero attached hydrogens (tertiary/aromatic N) is 2. The van der Waals surface area contributed by atoms with E-state index >= 15 is 0 Å². The standard InChI is InChI=1S/C64H68B.C25H29N2/c1-61(2,3)53-29-13-45(14-30-53)49-21-37-57(38-22-49)65(58-39-23-50(24-40-58)46-15-31-54(32-16-46)62(4,5)6,59-41-25-51(26-42-59)47-17-33-55(34-18-47)63(7,8)9)60-43-27-52(28-44-60)48-19-35-56(36-20-48)64(10,11)12;1-24(2)18-12-7-9-14-20(18)26(5)22(24)16-11-17-23-25(3,4)19-13-8-10-15-21(19)27(23)6/h13-44H,1-12H3;7-17H,1-6H3/q-1;+1. The lowest BCUT2D eigenvalue weighted by atomic mass is 9.13. The minimum absolute atomic E-state index is 0.0143. The summed E-state index contributed by atoms with van der Waals surface area (Å²) in [6.07, 6.45) is 5.11. The number of likely N-dealkylation sites (N-methyl/N-ethyl adjacent to an activating group) is 1. The molecule has 2 aliphatic heterocycles. The van der Waals surface area contributed by atoms with Crippen LogP contribution in [0, 0.1) is 0 Å². The Morgan fingerprint density at radius 2 is 0.609 bits per heavy atom. The molecule has 0 N–H and O–H groups in total. The van der Waals surface area contributed by atoms with Crippen LogP contribution >= 0.6 is 0 Å². The maximum Gasteiger partial charge on any atom is 0.209 e. The first-order chi connectivity index (χ1) is 43.5. The number of fused-ring (bicyclic) bond motifs is 2. The van der Waals surface area contributed by atoms with E-state index in [0.29, 0.717) is 0 Å². The molecule has 0 atom stereocenters. The van der Waals surface area contributed by atoms with Crippen molar-refractivity contribution in [2.45, 2.75) is 143 Å². The van der Waals surface area contributed by atoms with Crippen molar-refractivity contribution in [1.29, 1.82) is 0 Å². The zero-order valence-electron chi connectivity index (χ0n) is 58.3. The first-order valence-corrected chi connectivity index (χ1v) is 33.4. The van der Waals surface area contributed by atoms with E-state index in [1.54, 1.807) is 0 Å². The van der Waals surface area contributed by atoms with Gasteiger partial charge in [0.05, 0.1) is 5.41 Å². The minimum atomic E-state index is -1.67. The molecule has 0 unspecified atom stereocenters. The highest BCUT2D eigenvalue weighted by Crippen LogP contribution is 2.47. The average Bonchev–Trinajstić information content (AvgIpc) is 0.927. The molecule has 0 spiro atoms. The molecule has 0 saturated carbocycles. The lowest BCUT2D eigenvalue weighted by Crippen LogP contribution is -2.74. The van der Waals surface area contributed by atoms with Crippen molar-refractivity contribution >= 4 is 45.1 Å². The van der Waals surface area contributed by atoms with Crippen LogP contribution in [0.4, 0.5) is 11.4 Å². The van der Waals surface area contributed by atoms with Gasteiger partial charge in [-0.1, -0.05) is 334 Å². The Labute approximate surface area is 553 Å². The van der Waals surface area contributed by atoms with Crippen LogP contribution in [0.3, 0.4) is 0 Å². The average molecular weight is 1210 g/mol.